The second-order valence-corrected chi connectivity index (χ2v) is 6.12. The van der Waals surface area contributed by atoms with Crippen LogP contribution < -0.4 is 0 Å². The minimum absolute atomic E-state index is 0.259. The first-order chi connectivity index (χ1) is 8.81. The minimum Gasteiger partial charge on any atom is -0.396 e. The summed E-state index contributed by atoms with van der Waals surface area (Å²) >= 11 is 9.56. The van der Waals surface area contributed by atoms with Gasteiger partial charge in [0.2, 0.25) is 0 Å². The van der Waals surface area contributed by atoms with Crippen LogP contribution in [-0.4, -0.2) is 22.5 Å². The highest BCUT2D eigenvalue weighted by Gasteiger charge is 2.07. The molecule has 0 amide bonds. The molecule has 1 N–H and O–H groups in total. The lowest BCUT2D eigenvalue weighted by molar-refractivity contribution is 0.296. The largest absolute Gasteiger partial charge is 0.396 e. The van der Waals surface area contributed by atoms with Crippen LogP contribution in [0.1, 0.15) is 12.1 Å². The van der Waals surface area contributed by atoms with Gasteiger partial charge < -0.3 is 5.11 Å². The summed E-state index contributed by atoms with van der Waals surface area (Å²) in [7, 11) is 0. The van der Waals surface area contributed by atoms with Gasteiger partial charge in [0, 0.05) is 23.3 Å². The van der Waals surface area contributed by atoms with Gasteiger partial charge in [0.15, 0.2) is 0 Å². The van der Waals surface area contributed by atoms with E-state index in [1.165, 1.54) is 0 Å². The van der Waals surface area contributed by atoms with E-state index in [1.807, 2.05) is 24.3 Å². The van der Waals surface area contributed by atoms with Crippen LogP contribution in [0.5, 0.6) is 0 Å². The van der Waals surface area contributed by atoms with Crippen LogP contribution in [0.2, 0.25) is 5.02 Å². The van der Waals surface area contributed by atoms with Gasteiger partial charge in [0.1, 0.15) is 5.01 Å². The Kier molecular flexibility index (Phi) is 5.50. The molecule has 0 bridgehead atoms. The van der Waals surface area contributed by atoms with Crippen molar-refractivity contribution in [3.8, 4) is 10.6 Å². The summed E-state index contributed by atoms with van der Waals surface area (Å²) in [4.78, 5) is 4.59. The van der Waals surface area contributed by atoms with Gasteiger partial charge in [-0.25, -0.2) is 4.98 Å². The van der Waals surface area contributed by atoms with Crippen molar-refractivity contribution in [2.45, 2.75) is 12.2 Å². The molecule has 0 spiro atoms. The molecule has 0 aliphatic rings. The Bertz CT molecular complexity index is 501. The lowest BCUT2D eigenvalue weighted by atomic mass is 10.2. The van der Waals surface area contributed by atoms with Crippen molar-refractivity contribution < 1.29 is 5.11 Å². The molecule has 2 nitrogen and oxygen atoms in total. The molecule has 0 atom stereocenters. The fourth-order valence-electron chi connectivity index (χ4n) is 1.47. The summed E-state index contributed by atoms with van der Waals surface area (Å²) in [6, 6.07) is 7.77. The molecule has 0 aliphatic heterocycles. The van der Waals surface area contributed by atoms with Crippen LogP contribution in [0.15, 0.2) is 29.6 Å². The lowest BCUT2D eigenvalue weighted by Gasteiger charge is -1.99. The van der Waals surface area contributed by atoms with E-state index in [4.69, 9.17) is 16.7 Å². The molecule has 1 heterocycles. The fraction of sp³-hybridized carbons (Fsp3) is 0.308. The Morgan fingerprint density at radius 3 is 2.94 bits per heavy atom. The third kappa shape index (κ3) is 3.72. The number of aliphatic hydroxyl groups excluding tert-OH is 1. The zero-order valence-electron chi connectivity index (χ0n) is 9.80. The molecule has 2 rings (SSSR count). The molecule has 2 aromatic rings. The van der Waals surface area contributed by atoms with Gasteiger partial charge in [-0.1, -0.05) is 29.8 Å². The maximum atomic E-state index is 8.71. The van der Waals surface area contributed by atoms with Crippen molar-refractivity contribution in [1.82, 2.24) is 4.98 Å². The number of halogens is 1. The standard InChI is InChI=1S/C13H14ClNOS2/c14-12-5-2-1-4-11(12)13-15-10(9-18-13)8-17-7-3-6-16/h1-2,4-5,9,16H,3,6-8H2. The third-order valence-electron chi connectivity index (χ3n) is 2.35. The number of thioether (sulfide) groups is 1. The first-order valence-electron chi connectivity index (χ1n) is 5.69. The van der Waals surface area contributed by atoms with Gasteiger partial charge in [-0.15, -0.1) is 11.3 Å². The van der Waals surface area contributed by atoms with Crippen LogP contribution >= 0.6 is 34.7 Å². The van der Waals surface area contributed by atoms with E-state index < -0.39 is 0 Å². The Balaban J connectivity index is 2.00. The quantitative estimate of drug-likeness (QED) is 0.816. The summed E-state index contributed by atoms with van der Waals surface area (Å²) in [5.41, 5.74) is 2.08. The van der Waals surface area contributed by atoms with E-state index in [0.29, 0.717) is 0 Å². The maximum Gasteiger partial charge on any atom is 0.125 e. The predicted molar refractivity (Wildman–Crippen MR) is 80.4 cm³/mol. The molecule has 0 aliphatic carbocycles. The van der Waals surface area contributed by atoms with E-state index in [-0.39, 0.29) is 6.61 Å². The molecule has 1 aromatic heterocycles. The lowest BCUT2D eigenvalue weighted by Crippen LogP contribution is -1.88. The van der Waals surface area contributed by atoms with Gasteiger partial charge >= 0.3 is 0 Å². The van der Waals surface area contributed by atoms with Gasteiger partial charge in [0.25, 0.3) is 0 Å². The number of aromatic nitrogens is 1. The smallest absolute Gasteiger partial charge is 0.125 e. The number of aliphatic hydroxyl groups is 1. The van der Waals surface area contributed by atoms with Gasteiger partial charge in [-0.3, -0.25) is 0 Å². The van der Waals surface area contributed by atoms with Crippen molar-refractivity contribution in [1.29, 1.82) is 0 Å². The van der Waals surface area contributed by atoms with Crippen molar-refractivity contribution in [3.63, 3.8) is 0 Å². The second kappa shape index (κ2) is 7.14. The molecule has 5 heteroatoms. The first kappa shape index (κ1) is 13.9. The van der Waals surface area contributed by atoms with E-state index in [0.717, 1.165) is 39.2 Å². The predicted octanol–water partition coefficient (Wildman–Crippen LogP) is 4.08. The highest BCUT2D eigenvalue weighted by Crippen LogP contribution is 2.30. The number of hydrogen-bond donors (Lipinski definition) is 1. The number of benzene rings is 1. The van der Waals surface area contributed by atoms with E-state index >= 15 is 0 Å². The van der Waals surface area contributed by atoms with Crippen molar-refractivity contribution in [2.75, 3.05) is 12.4 Å². The third-order valence-corrected chi connectivity index (χ3v) is 4.68. The van der Waals surface area contributed by atoms with Crippen molar-refractivity contribution in [3.05, 3.63) is 40.4 Å². The topological polar surface area (TPSA) is 33.1 Å². The molecule has 96 valence electrons. The normalized spacial score (nSPS) is 10.8. The highest BCUT2D eigenvalue weighted by atomic mass is 35.5. The van der Waals surface area contributed by atoms with E-state index in [1.54, 1.807) is 23.1 Å². The Morgan fingerprint density at radius 1 is 1.33 bits per heavy atom. The Morgan fingerprint density at radius 2 is 2.17 bits per heavy atom. The molecule has 1 aromatic carbocycles. The molecule has 0 saturated carbocycles. The molecule has 0 saturated heterocycles. The fourth-order valence-corrected chi connectivity index (χ4v) is 3.55. The zero-order valence-corrected chi connectivity index (χ0v) is 12.2. The summed E-state index contributed by atoms with van der Waals surface area (Å²) in [5.74, 6) is 1.86. The van der Waals surface area contributed by atoms with Crippen LogP contribution in [0, 0.1) is 0 Å². The van der Waals surface area contributed by atoms with Crippen molar-refractivity contribution >= 4 is 34.7 Å². The van der Waals surface area contributed by atoms with Gasteiger partial charge in [-0.2, -0.15) is 11.8 Å². The second-order valence-electron chi connectivity index (χ2n) is 3.75. The SMILES string of the molecule is OCCCSCc1csc(-c2ccccc2Cl)n1. The monoisotopic (exact) mass is 299 g/mol. The summed E-state index contributed by atoms with van der Waals surface area (Å²) in [6.45, 7) is 0.259. The number of rotatable bonds is 6. The van der Waals surface area contributed by atoms with E-state index in [2.05, 4.69) is 10.4 Å². The first-order valence-corrected chi connectivity index (χ1v) is 8.10. The molecule has 0 radical (unpaired) electrons. The van der Waals surface area contributed by atoms with Gasteiger partial charge in [-0.05, 0) is 18.2 Å². The summed E-state index contributed by atoms with van der Waals surface area (Å²) in [6.07, 6.45) is 0.839. The molecule has 18 heavy (non-hydrogen) atoms. The van der Waals surface area contributed by atoms with Gasteiger partial charge in [0.05, 0.1) is 10.7 Å². The minimum atomic E-state index is 0.259. The number of hydrogen-bond acceptors (Lipinski definition) is 4. The molecule has 0 unspecified atom stereocenters. The molecule has 0 fully saturated rings. The van der Waals surface area contributed by atoms with Crippen LogP contribution in [0.25, 0.3) is 10.6 Å². The average molecular weight is 300 g/mol. The highest BCUT2D eigenvalue weighted by molar-refractivity contribution is 7.98. The zero-order chi connectivity index (χ0) is 12.8. The number of nitrogens with zero attached hydrogens (tertiary/aromatic N) is 1. The average Bonchev–Trinajstić information content (AvgIpc) is 2.84. The van der Waals surface area contributed by atoms with Crippen LogP contribution in [0.3, 0.4) is 0 Å². The maximum absolute atomic E-state index is 8.71. The van der Waals surface area contributed by atoms with Crippen LogP contribution in [-0.2, 0) is 5.75 Å². The Labute approximate surface area is 120 Å². The summed E-state index contributed by atoms with van der Waals surface area (Å²) < 4.78 is 0. The Hall–Kier alpha value is -0.550. The molecular formula is C13H14ClNOS2. The van der Waals surface area contributed by atoms with Crippen LogP contribution in [0.4, 0.5) is 0 Å². The van der Waals surface area contributed by atoms with Crippen molar-refractivity contribution in [2.24, 2.45) is 0 Å². The number of thiazole rings is 1. The molecular weight excluding hydrogens is 286 g/mol. The summed E-state index contributed by atoms with van der Waals surface area (Å²) in [5, 5.41) is 12.5. The van der Waals surface area contributed by atoms with E-state index in [9.17, 15) is 0 Å².